The highest BCUT2D eigenvalue weighted by molar-refractivity contribution is 5.83. The van der Waals surface area contributed by atoms with Gasteiger partial charge in [0.1, 0.15) is 0 Å². The predicted molar refractivity (Wildman–Crippen MR) is 97.8 cm³/mol. The lowest BCUT2D eigenvalue weighted by Crippen LogP contribution is -2.67. The van der Waals surface area contributed by atoms with Crippen molar-refractivity contribution in [1.82, 2.24) is 10.2 Å². The second-order valence-electron chi connectivity index (χ2n) is 8.27. The van der Waals surface area contributed by atoms with Crippen LogP contribution in [0.4, 0.5) is 13.2 Å². The van der Waals surface area contributed by atoms with Gasteiger partial charge in [-0.1, -0.05) is 48.9 Å². The van der Waals surface area contributed by atoms with Crippen LogP contribution in [-0.4, -0.2) is 42.2 Å². The number of nitrogens with zero attached hydrogens (tertiary/aromatic N) is 1. The molecule has 2 aliphatic carbocycles. The van der Waals surface area contributed by atoms with Gasteiger partial charge in [-0.15, -0.1) is 0 Å². The van der Waals surface area contributed by atoms with Gasteiger partial charge in [0.2, 0.25) is 0 Å². The number of amides is 1. The van der Waals surface area contributed by atoms with E-state index in [1.54, 1.807) is 0 Å². The third-order valence-corrected chi connectivity index (χ3v) is 6.36. The van der Waals surface area contributed by atoms with Crippen molar-refractivity contribution in [2.45, 2.75) is 50.9 Å². The SMILES string of the molecule is CCC(=Cc1ccccc1)C1C[C@@H]1N(C(=O)C(F)(F)F)C1CC2(CNC2)C1. The van der Waals surface area contributed by atoms with Crippen LogP contribution in [-0.2, 0) is 4.79 Å². The average molecular weight is 378 g/mol. The molecule has 4 rings (SSSR count). The third-order valence-electron chi connectivity index (χ3n) is 6.36. The Labute approximate surface area is 157 Å². The average Bonchev–Trinajstić information content (AvgIpc) is 3.33. The first-order valence-electron chi connectivity index (χ1n) is 9.69. The van der Waals surface area contributed by atoms with Crippen molar-refractivity contribution >= 4 is 12.0 Å². The molecule has 2 saturated carbocycles. The number of carbonyl (C=O) groups excluding carboxylic acids is 1. The number of nitrogens with one attached hydrogen (secondary N) is 1. The normalized spacial score (nSPS) is 27.0. The van der Waals surface area contributed by atoms with Gasteiger partial charge >= 0.3 is 12.1 Å². The zero-order valence-corrected chi connectivity index (χ0v) is 15.4. The lowest BCUT2D eigenvalue weighted by molar-refractivity contribution is -0.194. The Bertz CT molecular complexity index is 732. The van der Waals surface area contributed by atoms with Crippen molar-refractivity contribution in [3.05, 3.63) is 41.5 Å². The lowest BCUT2D eigenvalue weighted by atomic mass is 9.61. The highest BCUT2D eigenvalue weighted by Gasteiger charge is 2.59. The van der Waals surface area contributed by atoms with Crippen LogP contribution in [0.3, 0.4) is 0 Å². The predicted octanol–water partition coefficient (Wildman–Crippen LogP) is 4.01. The number of benzene rings is 1. The summed E-state index contributed by atoms with van der Waals surface area (Å²) in [5.74, 6) is -1.62. The highest BCUT2D eigenvalue weighted by atomic mass is 19.4. The molecule has 1 heterocycles. The Morgan fingerprint density at radius 3 is 2.44 bits per heavy atom. The van der Waals surface area contributed by atoms with E-state index >= 15 is 0 Å². The fraction of sp³-hybridized carbons (Fsp3) is 0.571. The van der Waals surface area contributed by atoms with Crippen molar-refractivity contribution in [3.8, 4) is 0 Å². The van der Waals surface area contributed by atoms with Crippen LogP contribution < -0.4 is 5.32 Å². The van der Waals surface area contributed by atoms with Crippen molar-refractivity contribution in [2.75, 3.05) is 13.1 Å². The molecular weight excluding hydrogens is 353 g/mol. The van der Waals surface area contributed by atoms with Crippen molar-refractivity contribution in [1.29, 1.82) is 0 Å². The summed E-state index contributed by atoms with van der Waals surface area (Å²) in [6.45, 7) is 3.75. The molecule has 1 amide bonds. The topological polar surface area (TPSA) is 32.3 Å². The fourth-order valence-electron chi connectivity index (χ4n) is 4.76. The molecule has 1 aromatic carbocycles. The number of hydrogen-bond acceptors (Lipinski definition) is 2. The molecule has 6 heteroatoms. The van der Waals surface area contributed by atoms with E-state index in [1.165, 1.54) is 4.90 Å². The monoisotopic (exact) mass is 378 g/mol. The summed E-state index contributed by atoms with van der Waals surface area (Å²) in [6, 6.07) is 9.23. The smallest absolute Gasteiger partial charge is 0.328 e. The van der Waals surface area contributed by atoms with E-state index in [-0.39, 0.29) is 23.4 Å². The Hall–Kier alpha value is -1.82. The van der Waals surface area contributed by atoms with E-state index in [2.05, 4.69) is 11.4 Å². The van der Waals surface area contributed by atoms with Gasteiger partial charge in [0, 0.05) is 31.1 Å². The lowest BCUT2D eigenvalue weighted by Gasteiger charge is -2.57. The van der Waals surface area contributed by atoms with E-state index in [0.717, 1.165) is 30.6 Å². The largest absolute Gasteiger partial charge is 0.471 e. The molecule has 0 bridgehead atoms. The maximum absolute atomic E-state index is 13.2. The van der Waals surface area contributed by atoms with Gasteiger partial charge in [0.15, 0.2) is 0 Å². The van der Waals surface area contributed by atoms with Crippen LogP contribution in [0, 0.1) is 11.3 Å². The quantitative estimate of drug-likeness (QED) is 0.840. The minimum Gasteiger partial charge on any atom is -0.328 e. The highest BCUT2D eigenvalue weighted by Crippen LogP contribution is 2.52. The first-order chi connectivity index (χ1) is 12.8. The molecule has 3 nitrogen and oxygen atoms in total. The van der Waals surface area contributed by atoms with E-state index in [9.17, 15) is 18.0 Å². The number of carbonyl (C=O) groups is 1. The number of alkyl halides is 3. The molecule has 0 radical (unpaired) electrons. The van der Waals surface area contributed by atoms with Crippen LogP contribution in [0.2, 0.25) is 0 Å². The van der Waals surface area contributed by atoms with Crippen LogP contribution in [0.15, 0.2) is 35.9 Å². The Morgan fingerprint density at radius 2 is 1.93 bits per heavy atom. The number of hydrogen-bond donors (Lipinski definition) is 1. The molecule has 1 aromatic rings. The van der Waals surface area contributed by atoms with Gasteiger partial charge in [-0.05, 0) is 36.7 Å². The van der Waals surface area contributed by atoms with Crippen molar-refractivity contribution < 1.29 is 18.0 Å². The summed E-state index contributed by atoms with van der Waals surface area (Å²) < 4.78 is 39.7. The zero-order valence-electron chi connectivity index (χ0n) is 15.4. The van der Waals surface area contributed by atoms with E-state index in [1.807, 2.05) is 37.3 Å². The minimum absolute atomic E-state index is 0.0394. The van der Waals surface area contributed by atoms with Crippen LogP contribution in [0.1, 0.15) is 38.2 Å². The molecule has 1 aliphatic heterocycles. The molecule has 146 valence electrons. The minimum atomic E-state index is -4.80. The van der Waals surface area contributed by atoms with Crippen LogP contribution in [0.25, 0.3) is 6.08 Å². The summed E-state index contributed by atoms with van der Waals surface area (Å²) in [5, 5.41) is 3.20. The van der Waals surface area contributed by atoms with Gasteiger partial charge < -0.3 is 10.2 Å². The van der Waals surface area contributed by atoms with Crippen LogP contribution in [0.5, 0.6) is 0 Å². The second kappa shape index (κ2) is 6.66. The summed E-state index contributed by atoms with van der Waals surface area (Å²) in [6.07, 6.45) is 0.0603. The van der Waals surface area contributed by atoms with Crippen LogP contribution >= 0.6 is 0 Å². The second-order valence-corrected chi connectivity index (χ2v) is 8.27. The van der Waals surface area contributed by atoms with Gasteiger partial charge in [-0.3, -0.25) is 4.79 Å². The summed E-state index contributed by atoms with van der Waals surface area (Å²) in [7, 11) is 0. The Morgan fingerprint density at radius 1 is 1.26 bits per heavy atom. The fourth-order valence-corrected chi connectivity index (χ4v) is 4.76. The molecule has 27 heavy (non-hydrogen) atoms. The van der Waals surface area contributed by atoms with Crippen molar-refractivity contribution in [2.24, 2.45) is 11.3 Å². The maximum atomic E-state index is 13.2. The summed E-state index contributed by atoms with van der Waals surface area (Å²) >= 11 is 0. The van der Waals surface area contributed by atoms with Crippen molar-refractivity contribution in [3.63, 3.8) is 0 Å². The number of rotatable bonds is 5. The molecule has 0 aromatic heterocycles. The van der Waals surface area contributed by atoms with Gasteiger partial charge in [0.25, 0.3) is 0 Å². The molecule has 2 atom stereocenters. The van der Waals surface area contributed by atoms with E-state index in [0.29, 0.717) is 19.3 Å². The molecule has 3 fully saturated rings. The molecule has 3 aliphatic rings. The van der Waals surface area contributed by atoms with Gasteiger partial charge in [0.05, 0.1) is 0 Å². The van der Waals surface area contributed by atoms with E-state index < -0.39 is 12.1 Å². The zero-order chi connectivity index (χ0) is 19.2. The molecule has 1 unspecified atom stereocenters. The Balaban J connectivity index is 1.51. The maximum Gasteiger partial charge on any atom is 0.471 e. The first-order valence-corrected chi connectivity index (χ1v) is 9.69. The third kappa shape index (κ3) is 3.51. The van der Waals surface area contributed by atoms with Gasteiger partial charge in [-0.2, -0.15) is 13.2 Å². The first kappa shape index (κ1) is 18.5. The summed E-state index contributed by atoms with van der Waals surface area (Å²) in [5.41, 5.74) is 2.31. The molecule has 1 saturated heterocycles. The van der Waals surface area contributed by atoms with Gasteiger partial charge in [-0.25, -0.2) is 0 Å². The molecule has 1 spiro atoms. The number of halogens is 3. The summed E-state index contributed by atoms with van der Waals surface area (Å²) in [4.78, 5) is 13.4. The molecule has 1 N–H and O–H groups in total. The van der Waals surface area contributed by atoms with E-state index in [4.69, 9.17) is 0 Å². The Kier molecular flexibility index (Phi) is 4.57. The standard InChI is InChI=1S/C21H25F3N2O/c1-2-15(8-14-6-4-3-5-7-14)17-9-18(17)26(19(27)21(22,23)24)16-10-20(11-16)12-25-13-20/h3-8,16-18,25H,2,9-13H2,1H3/t17?,18-/m0/s1. The molecular formula is C21H25F3N2O.